The lowest BCUT2D eigenvalue weighted by Crippen LogP contribution is -2.49. The van der Waals surface area contributed by atoms with E-state index in [0.717, 1.165) is 0 Å². The molecule has 1 heterocycles. The summed E-state index contributed by atoms with van der Waals surface area (Å²) in [6.45, 7) is 3.24. The number of amides is 1. The number of rotatable bonds is 5. The Morgan fingerprint density at radius 1 is 1.56 bits per heavy atom. The minimum Gasteiger partial charge on any atom is -0.393 e. The Balaban J connectivity index is 2.60. The quantitative estimate of drug-likeness (QED) is 0.705. The maximum absolute atomic E-state index is 12.1. The summed E-state index contributed by atoms with van der Waals surface area (Å²) in [6, 6.07) is 0. The number of thiocarbonyl (C=S) groups is 1. The molecule has 1 amide bonds. The van der Waals surface area contributed by atoms with Crippen LogP contribution < -0.4 is 5.73 Å². The Bertz CT molecular complexity index is 316. The van der Waals surface area contributed by atoms with Crippen LogP contribution in [-0.2, 0) is 9.53 Å². The van der Waals surface area contributed by atoms with E-state index in [4.69, 9.17) is 22.7 Å². The molecule has 0 aromatic rings. The first-order chi connectivity index (χ1) is 8.39. The lowest BCUT2D eigenvalue weighted by Gasteiger charge is -2.36. The third kappa shape index (κ3) is 3.90. The zero-order valence-electron chi connectivity index (χ0n) is 11.0. The standard InChI is InChI=1S/C12H22N2O3S/c1-3-9(10(13)18)11(15)14(2)8-12(16)4-6-17-7-5-12/h9,16H,3-8H2,1-2H3,(H2,13,18). The first kappa shape index (κ1) is 15.3. The van der Waals surface area contributed by atoms with Gasteiger partial charge < -0.3 is 20.5 Å². The van der Waals surface area contributed by atoms with E-state index in [1.54, 1.807) is 7.05 Å². The lowest BCUT2D eigenvalue weighted by atomic mass is 9.93. The molecule has 1 rings (SSSR count). The zero-order valence-corrected chi connectivity index (χ0v) is 11.8. The summed E-state index contributed by atoms with van der Waals surface area (Å²) in [5.74, 6) is -0.557. The molecule has 6 heteroatoms. The molecule has 3 N–H and O–H groups in total. The van der Waals surface area contributed by atoms with Gasteiger partial charge in [0, 0.05) is 39.6 Å². The summed E-state index contributed by atoms with van der Waals surface area (Å²) in [4.78, 5) is 13.9. The van der Waals surface area contributed by atoms with Crippen LogP contribution in [0.15, 0.2) is 0 Å². The predicted molar refractivity (Wildman–Crippen MR) is 73.2 cm³/mol. The molecule has 1 fully saturated rings. The van der Waals surface area contributed by atoms with E-state index in [1.807, 2.05) is 6.92 Å². The summed E-state index contributed by atoms with van der Waals surface area (Å²) >= 11 is 4.89. The fourth-order valence-electron chi connectivity index (χ4n) is 2.19. The minimum atomic E-state index is -0.850. The molecule has 1 atom stereocenters. The van der Waals surface area contributed by atoms with Crippen molar-refractivity contribution in [3.05, 3.63) is 0 Å². The largest absolute Gasteiger partial charge is 0.393 e. The molecule has 104 valence electrons. The van der Waals surface area contributed by atoms with E-state index in [9.17, 15) is 9.90 Å². The molecule has 0 aliphatic carbocycles. The van der Waals surface area contributed by atoms with Crippen LogP contribution >= 0.6 is 12.2 Å². The second-order valence-electron chi connectivity index (χ2n) is 4.89. The van der Waals surface area contributed by atoms with E-state index in [0.29, 0.717) is 39.0 Å². The van der Waals surface area contributed by atoms with Gasteiger partial charge in [0.25, 0.3) is 0 Å². The predicted octanol–water partition coefficient (Wildman–Crippen LogP) is 0.299. The summed E-state index contributed by atoms with van der Waals surface area (Å²) in [7, 11) is 1.68. The number of nitrogens with two attached hydrogens (primary N) is 1. The second kappa shape index (κ2) is 6.45. The Labute approximate surface area is 113 Å². The van der Waals surface area contributed by atoms with E-state index < -0.39 is 11.5 Å². The zero-order chi connectivity index (χ0) is 13.8. The Morgan fingerprint density at radius 2 is 2.11 bits per heavy atom. The molecule has 0 spiro atoms. The van der Waals surface area contributed by atoms with Gasteiger partial charge in [0.1, 0.15) is 0 Å². The molecule has 0 radical (unpaired) electrons. The molecule has 5 nitrogen and oxygen atoms in total. The summed E-state index contributed by atoms with van der Waals surface area (Å²) in [6.07, 6.45) is 1.68. The average Bonchev–Trinajstić information content (AvgIpc) is 2.29. The van der Waals surface area contributed by atoms with Crippen LogP contribution in [-0.4, -0.2) is 53.3 Å². The number of nitrogens with zero attached hydrogens (tertiary/aromatic N) is 1. The lowest BCUT2D eigenvalue weighted by molar-refractivity contribution is -0.138. The van der Waals surface area contributed by atoms with Gasteiger partial charge in [0.05, 0.1) is 16.5 Å². The van der Waals surface area contributed by atoms with Gasteiger partial charge in [-0.3, -0.25) is 4.79 Å². The van der Waals surface area contributed by atoms with Crippen molar-refractivity contribution in [3.63, 3.8) is 0 Å². The van der Waals surface area contributed by atoms with Gasteiger partial charge in [-0.2, -0.15) is 0 Å². The fourth-order valence-corrected chi connectivity index (χ4v) is 2.46. The number of carbonyl (C=O) groups is 1. The summed E-state index contributed by atoms with van der Waals surface area (Å²) in [5.41, 5.74) is 4.70. The summed E-state index contributed by atoms with van der Waals surface area (Å²) < 4.78 is 5.21. The number of ether oxygens (including phenoxy) is 1. The third-order valence-corrected chi connectivity index (χ3v) is 3.67. The third-order valence-electron chi connectivity index (χ3n) is 3.38. The maximum Gasteiger partial charge on any atom is 0.232 e. The fraction of sp³-hybridized carbons (Fsp3) is 0.833. The topological polar surface area (TPSA) is 75.8 Å². The van der Waals surface area contributed by atoms with Crippen LogP contribution in [0.4, 0.5) is 0 Å². The SMILES string of the molecule is CCC(C(=O)N(C)CC1(O)CCOCC1)C(N)=S. The second-order valence-corrected chi connectivity index (χ2v) is 5.37. The Kier molecular flexibility index (Phi) is 5.49. The highest BCUT2D eigenvalue weighted by Gasteiger charge is 2.34. The van der Waals surface area contributed by atoms with Crippen LogP contribution in [0.25, 0.3) is 0 Å². The van der Waals surface area contributed by atoms with Crippen molar-refractivity contribution in [2.24, 2.45) is 11.7 Å². The van der Waals surface area contributed by atoms with Crippen LogP contribution in [0.1, 0.15) is 26.2 Å². The van der Waals surface area contributed by atoms with E-state index in [1.165, 1.54) is 4.90 Å². The molecular formula is C12H22N2O3S. The van der Waals surface area contributed by atoms with Crippen LogP contribution in [0.2, 0.25) is 0 Å². The number of carbonyl (C=O) groups excluding carboxylic acids is 1. The van der Waals surface area contributed by atoms with Gasteiger partial charge in [-0.25, -0.2) is 0 Å². The number of hydrogen-bond donors (Lipinski definition) is 2. The molecule has 1 aliphatic heterocycles. The highest BCUT2D eigenvalue weighted by Crippen LogP contribution is 2.22. The highest BCUT2D eigenvalue weighted by molar-refractivity contribution is 7.80. The molecule has 1 unspecified atom stereocenters. The van der Waals surface area contributed by atoms with Gasteiger partial charge in [-0.1, -0.05) is 19.1 Å². The van der Waals surface area contributed by atoms with Crippen molar-refractivity contribution in [2.75, 3.05) is 26.8 Å². The first-order valence-corrected chi connectivity index (χ1v) is 6.65. The van der Waals surface area contributed by atoms with Crippen molar-refractivity contribution in [1.82, 2.24) is 4.90 Å². The maximum atomic E-state index is 12.1. The molecule has 0 aromatic heterocycles. The smallest absolute Gasteiger partial charge is 0.232 e. The van der Waals surface area contributed by atoms with E-state index >= 15 is 0 Å². The normalized spacial score (nSPS) is 20.2. The van der Waals surface area contributed by atoms with Crippen molar-refractivity contribution in [3.8, 4) is 0 Å². The molecule has 0 aromatic carbocycles. The van der Waals surface area contributed by atoms with Gasteiger partial charge in [0.15, 0.2) is 0 Å². The summed E-state index contributed by atoms with van der Waals surface area (Å²) in [5, 5.41) is 10.3. The minimum absolute atomic E-state index is 0.120. The van der Waals surface area contributed by atoms with Crippen molar-refractivity contribution in [2.45, 2.75) is 31.8 Å². The number of hydrogen-bond acceptors (Lipinski definition) is 4. The number of aliphatic hydroxyl groups is 1. The Hall–Kier alpha value is -0.720. The van der Waals surface area contributed by atoms with Crippen LogP contribution in [0, 0.1) is 5.92 Å². The molecule has 1 aliphatic rings. The Morgan fingerprint density at radius 3 is 2.56 bits per heavy atom. The van der Waals surface area contributed by atoms with Crippen molar-refractivity contribution in [1.29, 1.82) is 0 Å². The van der Waals surface area contributed by atoms with Gasteiger partial charge in [0.2, 0.25) is 5.91 Å². The monoisotopic (exact) mass is 274 g/mol. The van der Waals surface area contributed by atoms with Crippen molar-refractivity contribution >= 4 is 23.1 Å². The van der Waals surface area contributed by atoms with Crippen LogP contribution in [0.3, 0.4) is 0 Å². The molecule has 0 bridgehead atoms. The molecule has 18 heavy (non-hydrogen) atoms. The van der Waals surface area contributed by atoms with Crippen LogP contribution in [0.5, 0.6) is 0 Å². The van der Waals surface area contributed by atoms with E-state index in [2.05, 4.69) is 0 Å². The average molecular weight is 274 g/mol. The molecule has 1 saturated heterocycles. The molecule has 0 saturated carbocycles. The van der Waals surface area contributed by atoms with Gasteiger partial charge >= 0.3 is 0 Å². The number of likely N-dealkylation sites (N-methyl/N-ethyl adjacent to an activating group) is 1. The highest BCUT2D eigenvalue weighted by atomic mass is 32.1. The van der Waals surface area contributed by atoms with Gasteiger partial charge in [-0.05, 0) is 6.42 Å². The van der Waals surface area contributed by atoms with E-state index in [-0.39, 0.29) is 10.9 Å². The first-order valence-electron chi connectivity index (χ1n) is 6.24. The van der Waals surface area contributed by atoms with Gasteiger partial charge in [-0.15, -0.1) is 0 Å². The van der Waals surface area contributed by atoms with Crippen molar-refractivity contribution < 1.29 is 14.6 Å². The molecular weight excluding hydrogens is 252 g/mol.